The Morgan fingerprint density at radius 1 is 1.38 bits per heavy atom. The Kier molecular flexibility index (Phi) is 5.28. The van der Waals surface area contributed by atoms with Crippen molar-refractivity contribution in [2.24, 2.45) is 5.73 Å². The van der Waals surface area contributed by atoms with Gasteiger partial charge in [-0.2, -0.15) is 5.10 Å². The van der Waals surface area contributed by atoms with Crippen LogP contribution in [0.25, 0.3) is 0 Å². The summed E-state index contributed by atoms with van der Waals surface area (Å²) in [4.78, 5) is 11.9. The van der Waals surface area contributed by atoms with Crippen molar-refractivity contribution in [2.75, 3.05) is 13.2 Å². The fourth-order valence-electron chi connectivity index (χ4n) is 1.66. The van der Waals surface area contributed by atoms with Gasteiger partial charge in [-0.3, -0.25) is 9.48 Å². The largest absolute Gasteiger partial charge is 0.484 e. The second kappa shape index (κ2) is 7.39. The van der Waals surface area contributed by atoms with E-state index in [0.717, 1.165) is 5.56 Å². The molecule has 0 aliphatic carbocycles. The van der Waals surface area contributed by atoms with E-state index < -0.39 is 0 Å². The number of nitrogens with two attached hydrogens (primary N) is 1. The van der Waals surface area contributed by atoms with Gasteiger partial charge in [0.05, 0.1) is 6.54 Å². The normalized spacial score (nSPS) is 10.1. The molecule has 0 aliphatic rings. The maximum Gasteiger partial charge on any atom is 0.258 e. The minimum absolute atomic E-state index is 0.0362. The summed E-state index contributed by atoms with van der Waals surface area (Å²) in [6, 6.07) is 8.80. The van der Waals surface area contributed by atoms with Crippen molar-refractivity contribution in [3.8, 4) is 5.75 Å². The molecule has 2 aromatic rings. The summed E-state index contributed by atoms with van der Waals surface area (Å²) in [6.07, 6.45) is 3.54. The lowest BCUT2D eigenvalue weighted by atomic mass is 10.2. The Hall–Kier alpha value is -2.41. The number of hydrogen-bond donors (Lipinski definition) is 2. The number of hydrogen-bond acceptors (Lipinski definition) is 4. The maximum absolute atomic E-state index is 11.6. The van der Waals surface area contributed by atoms with E-state index in [4.69, 9.17) is 22.7 Å². The van der Waals surface area contributed by atoms with E-state index in [-0.39, 0.29) is 12.5 Å². The van der Waals surface area contributed by atoms with Gasteiger partial charge in [0.2, 0.25) is 0 Å². The van der Waals surface area contributed by atoms with Gasteiger partial charge in [0, 0.05) is 24.5 Å². The Labute approximate surface area is 127 Å². The highest BCUT2D eigenvalue weighted by Crippen LogP contribution is 2.11. The summed E-state index contributed by atoms with van der Waals surface area (Å²) in [5.74, 6) is 0.415. The maximum atomic E-state index is 11.6. The Morgan fingerprint density at radius 2 is 2.14 bits per heavy atom. The first-order chi connectivity index (χ1) is 10.1. The SMILES string of the molecule is NC(=S)c1ccc(OCC(=O)NCCn2cccn2)cc1. The molecule has 0 spiro atoms. The number of nitrogens with zero attached hydrogens (tertiary/aromatic N) is 2. The van der Waals surface area contributed by atoms with Crippen molar-refractivity contribution < 1.29 is 9.53 Å². The van der Waals surface area contributed by atoms with Gasteiger partial charge in [0.15, 0.2) is 6.61 Å². The van der Waals surface area contributed by atoms with E-state index >= 15 is 0 Å². The van der Waals surface area contributed by atoms with Crippen LogP contribution in [0, 0.1) is 0 Å². The first-order valence-electron chi connectivity index (χ1n) is 6.42. The number of thiocarbonyl (C=S) groups is 1. The standard InChI is InChI=1S/C14H16N4O2S/c15-14(21)11-2-4-12(5-3-11)20-10-13(19)16-7-9-18-8-1-6-17-18/h1-6,8H,7,9-10H2,(H2,15,21)(H,16,19). The van der Waals surface area contributed by atoms with E-state index in [0.29, 0.717) is 23.8 Å². The van der Waals surface area contributed by atoms with Crippen molar-refractivity contribution in [1.29, 1.82) is 0 Å². The molecule has 7 heteroatoms. The van der Waals surface area contributed by atoms with Crippen LogP contribution in [-0.2, 0) is 11.3 Å². The van der Waals surface area contributed by atoms with Crippen LogP contribution in [0.5, 0.6) is 5.75 Å². The van der Waals surface area contributed by atoms with Gasteiger partial charge in [0.1, 0.15) is 10.7 Å². The minimum Gasteiger partial charge on any atom is -0.484 e. The molecule has 1 aromatic heterocycles. The second-order valence-corrected chi connectivity index (χ2v) is 4.74. The van der Waals surface area contributed by atoms with Crippen LogP contribution < -0.4 is 15.8 Å². The van der Waals surface area contributed by atoms with Crippen LogP contribution in [0.3, 0.4) is 0 Å². The average molecular weight is 304 g/mol. The molecule has 0 atom stereocenters. The lowest BCUT2D eigenvalue weighted by molar-refractivity contribution is -0.123. The van der Waals surface area contributed by atoms with Crippen molar-refractivity contribution in [1.82, 2.24) is 15.1 Å². The minimum atomic E-state index is -0.180. The summed E-state index contributed by atoms with van der Waals surface area (Å²) in [5, 5.41) is 6.80. The zero-order chi connectivity index (χ0) is 15.1. The molecule has 6 nitrogen and oxygen atoms in total. The van der Waals surface area contributed by atoms with Gasteiger partial charge >= 0.3 is 0 Å². The average Bonchev–Trinajstić information content (AvgIpc) is 2.99. The lowest BCUT2D eigenvalue weighted by Crippen LogP contribution is -2.31. The molecule has 0 fully saturated rings. The summed E-state index contributed by atoms with van der Waals surface area (Å²) >= 11 is 4.86. The monoisotopic (exact) mass is 304 g/mol. The highest BCUT2D eigenvalue weighted by Gasteiger charge is 2.03. The van der Waals surface area contributed by atoms with Crippen LogP contribution in [0.1, 0.15) is 5.56 Å². The molecule has 0 bridgehead atoms. The van der Waals surface area contributed by atoms with Gasteiger partial charge in [-0.15, -0.1) is 0 Å². The van der Waals surface area contributed by atoms with Crippen molar-refractivity contribution in [3.05, 3.63) is 48.3 Å². The molecule has 21 heavy (non-hydrogen) atoms. The first-order valence-corrected chi connectivity index (χ1v) is 6.83. The Balaban J connectivity index is 1.69. The number of aromatic nitrogens is 2. The van der Waals surface area contributed by atoms with Crippen LogP contribution in [0.4, 0.5) is 0 Å². The van der Waals surface area contributed by atoms with Crippen LogP contribution in [0.15, 0.2) is 42.7 Å². The van der Waals surface area contributed by atoms with E-state index in [9.17, 15) is 4.79 Å². The molecular formula is C14H16N4O2S. The fourth-order valence-corrected chi connectivity index (χ4v) is 1.79. The third-order valence-electron chi connectivity index (χ3n) is 2.73. The molecule has 110 valence electrons. The van der Waals surface area contributed by atoms with E-state index in [1.54, 1.807) is 35.1 Å². The molecule has 2 rings (SSSR count). The molecule has 1 aromatic carbocycles. The molecule has 1 heterocycles. The van der Waals surface area contributed by atoms with Crippen LogP contribution in [-0.4, -0.2) is 33.8 Å². The number of benzene rings is 1. The third kappa shape index (κ3) is 4.88. The molecule has 0 unspecified atom stereocenters. The number of carbonyl (C=O) groups excluding carboxylic acids is 1. The van der Waals surface area contributed by atoms with Crippen LogP contribution in [0.2, 0.25) is 0 Å². The summed E-state index contributed by atoms with van der Waals surface area (Å²) in [7, 11) is 0. The summed E-state index contributed by atoms with van der Waals surface area (Å²) < 4.78 is 7.12. The molecule has 0 saturated carbocycles. The molecule has 0 radical (unpaired) electrons. The van der Waals surface area contributed by atoms with Crippen molar-refractivity contribution >= 4 is 23.1 Å². The Morgan fingerprint density at radius 3 is 2.76 bits per heavy atom. The number of ether oxygens (including phenoxy) is 1. The second-order valence-electron chi connectivity index (χ2n) is 4.30. The van der Waals surface area contributed by atoms with Crippen molar-refractivity contribution in [2.45, 2.75) is 6.54 Å². The Bertz CT molecular complexity index is 596. The quantitative estimate of drug-likeness (QED) is 0.736. The highest BCUT2D eigenvalue weighted by atomic mass is 32.1. The smallest absolute Gasteiger partial charge is 0.258 e. The lowest BCUT2D eigenvalue weighted by Gasteiger charge is -2.08. The van der Waals surface area contributed by atoms with Crippen molar-refractivity contribution in [3.63, 3.8) is 0 Å². The van der Waals surface area contributed by atoms with Gasteiger partial charge in [0.25, 0.3) is 5.91 Å². The number of amides is 1. The van der Waals surface area contributed by atoms with Gasteiger partial charge < -0.3 is 15.8 Å². The van der Waals surface area contributed by atoms with Crippen LogP contribution >= 0.6 is 12.2 Å². The molecular weight excluding hydrogens is 288 g/mol. The van der Waals surface area contributed by atoms with E-state index in [1.807, 2.05) is 12.3 Å². The molecule has 3 N–H and O–H groups in total. The van der Waals surface area contributed by atoms with E-state index in [1.165, 1.54) is 0 Å². The predicted octanol–water partition coefficient (Wildman–Crippen LogP) is 0.712. The summed E-state index contributed by atoms with van der Waals surface area (Å²) in [6.45, 7) is 1.09. The van der Waals surface area contributed by atoms with E-state index in [2.05, 4.69) is 10.4 Å². The molecule has 0 aliphatic heterocycles. The number of carbonyl (C=O) groups is 1. The molecule has 0 saturated heterocycles. The third-order valence-corrected chi connectivity index (χ3v) is 2.97. The number of nitrogens with one attached hydrogen (secondary N) is 1. The fraction of sp³-hybridized carbons (Fsp3) is 0.214. The summed E-state index contributed by atoms with van der Waals surface area (Å²) in [5.41, 5.74) is 6.27. The number of rotatable bonds is 7. The predicted molar refractivity (Wildman–Crippen MR) is 83.1 cm³/mol. The molecule has 1 amide bonds. The highest BCUT2D eigenvalue weighted by molar-refractivity contribution is 7.80. The van der Waals surface area contributed by atoms with Gasteiger partial charge in [-0.25, -0.2) is 0 Å². The van der Waals surface area contributed by atoms with Gasteiger partial charge in [-0.05, 0) is 30.3 Å². The zero-order valence-electron chi connectivity index (χ0n) is 11.4. The topological polar surface area (TPSA) is 82.2 Å². The first kappa shape index (κ1) is 15.0. The van der Waals surface area contributed by atoms with Gasteiger partial charge in [-0.1, -0.05) is 12.2 Å². The zero-order valence-corrected chi connectivity index (χ0v) is 12.2.